The van der Waals surface area contributed by atoms with Crippen LogP contribution in [0.2, 0.25) is 0 Å². The maximum absolute atomic E-state index is 12.1. The molecule has 1 N–H and O–H groups in total. The van der Waals surface area contributed by atoms with Gasteiger partial charge in [-0.3, -0.25) is 9.48 Å². The molecule has 1 aromatic carbocycles. The van der Waals surface area contributed by atoms with E-state index in [1.807, 2.05) is 37.3 Å². The predicted octanol–water partition coefficient (Wildman–Crippen LogP) is 2.96. The van der Waals surface area contributed by atoms with Crippen LogP contribution in [0.15, 0.2) is 41.0 Å². The molecule has 0 bridgehead atoms. The zero-order valence-corrected chi connectivity index (χ0v) is 11.6. The lowest BCUT2D eigenvalue weighted by atomic mass is 10.2. The van der Waals surface area contributed by atoms with Crippen LogP contribution in [-0.2, 0) is 6.54 Å². The van der Waals surface area contributed by atoms with Gasteiger partial charge in [0.2, 0.25) is 5.78 Å². The topological polar surface area (TPSA) is 46.9 Å². The molecular formula is C13H14BrN3O. The van der Waals surface area contributed by atoms with Crippen LogP contribution in [0.3, 0.4) is 0 Å². The van der Waals surface area contributed by atoms with Gasteiger partial charge in [0.05, 0.1) is 17.2 Å². The highest BCUT2D eigenvalue weighted by Crippen LogP contribution is 2.17. The summed E-state index contributed by atoms with van der Waals surface area (Å²) in [6.07, 6.45) is 1.65. The number of aryl methyl sites for hydroxylation is 1. The summed E-state index contributed by atoms with van der Waals surface area (Å²) in [4.78, 5) is 12.1. The van der Waals surface area contributed by atoms with E-state index in [1.54, 1.807) is 10.9 Å². The van der Waals surface area contributed by atoms with Gasteiger partial charge in [0, 0.05) is 12.2 Å². The number of rotatable bonds is 5. The van der Waals surface area contributed by atoms with Crippen molar-refractivity contribution in [3.8, 4) is 0 Å². The van der Waals surface area contributed by atoms with Crippen molar-refractivity contribution in [1.29, 1.82) is 0 Å². The van der Waals surface area contributed by atoms with Gasteiger partial charge in [0.25, 0.3) is 0 Å². The number of carbonyl (C=O) groups excluding carboxylic acids is 1. The number of aromatic nitrogens is 2. The number of nitrogens with zero attached hydrogens (tertiary/aromatic N) is 2. The Balaban J connectivity index is 2.06. The van der Waals surface area contributed by atoms with Crippen LogP contribution in [0.25, 0.3) is 0 Å². The Kier molecular flexibility index (Phi) is 4.15. The monoisotopic (exact) mass is 307 g/mol. The van der Waals surface area contributed by atoms with Crippen molar-refractivity contribution in [2.75, 3.05) is 11.9 Å². The molecule has 0 spiro atoms. The molecule has 0 aliphatic heterocycles. The molecule has 0 radical (unpaired) electrons. The van der Waals surface area contributed by atoms with E-state index < -0.39 is 0 Å². The molecule has 0 saturated carbocycles. The fourth-order valence-electron chi connectivity index (χ4n) is 1.70. The summed E-state index contributed by atoms with van der Waals surface area (Å²) < 4.78 is 2.43. The summed E-state index contributed by atoms with van der Waals surface area (Å²) in [5, 5.41) is 7.23. The number of halogens is 1. The van der Waals surface area contributed by atoms with Gasteiger partial charge in [-0.05, 0) is 35.0 Å². The Bertz CT molecular complexity index is 536. The van der Waals surface area contributed by atoms with Gasteiger partial charge in [0.15, 0.2) is 0 Å². The van der Waals surface area contributed by atoms with E-state index in [1.165, 1.54) is 0 Å². The maximum Gasteiger partial charge on any atom is 0.200 e. The normalized spacial score (nSPS) is 10.3. The summed E-state index contributed by atoms with van der Waals surface area (Å²) >= 11 is 3.35. The van der Waals surface area contributed by atoms with Gasteiger partial charge in [-0.25, -0.2) is 0 Å². The smallest absolute Gasteiger partial charge is 0.200 e. The van der Waals surface area contributed by atoms with Crippen molar-refractivity contribution in [1.82, 2.24) is 9.78 Å². The van der Waals surface area contributed by atoms with Gasteiger partial charge in [-0.1, -0.05) is 18.2 Å². The van der Waals surface area contributed by atoms with Crippen molar-refractivity contribution < 1.29 is 4.79 Å². The van der Waals surface area contributed by atoms with Crippen LogP contribution < -0.4 is 5.32 Å². The van der Waals surface area contributed by atoms with Crippen LogP contribution in [0, 0.1) is 0 Å². The highest BCUT2D eigenvalue weighted by molar-refractivity contribution is 9.10. The number of hydrogen-bond acceptors (Lipinski definition) is 3. The summed E-state index contributed by atoms with van der Waals surface area (Å²) in [6.45, 7) is 2.90. The number of para-hydroxylation sites is 1. The molecule has 0 unspecified atom stereocenters. The SMILES string of the molecule is CCn1ncc(Br)c1C(=O)CNc1ccccc1. The molecule has 0 aliphatic carbocycles. The zero-order chi connectivity index (χ0) is 13.0. The quantitative estimate of drug-likeness (QED) is 0.864. The van der Waals surface area contributed by atoms with E-state index in [-0.39, 0.29) is 12.3 Å². The maximum atomic E-state index is 12.1. The first-order chi connectivity index (χ1) is 8.72. The third kappa shape index (κ3) is 2.79. The van der Waals surface area contributed by atoms with Crippen LogP contribution in [0.5, 0.6) is 0 Å². The highest BCUT2D eigenvalue weighted by Gasteiger charge is 2.15. The first kappa shape index (κ1) is 12.8. The second-order valence-corrected chi connectivity index (χ2v) is 4.65. The predicted molar refractivity (Wildman–Crippen MR) is 74.9 cm³/mol. The molecule has 94 valence electrons. The number of Topliss-reactive ketones (excluding diaryl/α,β-unsaturated/α-hetero) is 1. The molecule has 2 aromatic rings. The number of ketones is 1. The Labute approximate surface area is 114 Å². The van der Waals surface area contributed by atoms with Gasteiger partial charge in [-0.15, -0.1) is 0 Å². The number of benzene rings is 1. The second-order valence-electron chi connectivity index (χ2n) is 3.80. The lowest BCUT2D eigenvalue weighted by molar-refractivity contribution is 0.0995. The van der Waals surface area contributed by atoms with Gasteiger partial charge < -0.3 is 5.32 Å². The van der Waals surface area contributed by atoms with Crippen LogP contribution in [0.1, 0.15) is 17.4 Å². The lowest BCUT2D eigenvalue weighted by Crippen LogP contribution is -2.18. The molecule has 18 heavy (non-hydrogen) atoms. The van der Waals surface area contributed by atoms with Crippen LogP contribution >= 0.6 is 15.9 Å². The van der Waals surface area contributed by atoms with Crippen LogP contribution in [-0.4, -0.2) is 22.1 Å². The molecule has 0 saturated heterocycles. The summed E-state index contributed by atoms with van der Waals surface area (Å²) in [5.74, 6) is 0.0186. The average Bonchev–Trinajstić information content (AvgIpc) is 2.78. The molecule has 0 fully saturated rings. The van der Waals surface area contributed by atoms with Crippen molar-refractivity contribution >= 4 is 27.4 Å². The molecule has 1 heterocycles. The molecule has 0 atom stereocenters. The van der Waals surface area contributed by atoms with E-state index >= 15 is 0 Å². The van der Waals surface area contributed by atoms with Gasteiger partial charge >= 0.3 is 0 Å². The molecule has 4 nitrogen and oxygen atoms in total. The average molecular weight is 308 g/mol. The minimum absolute atomic E-state index is 0.0186. The van der Waals surface area contributed by atoms with Crippen molar-refractivity contribution in [3.63, 3.8) is 0 Å². The molecule has 5 heteroatoms. The second kappa shape index (κ2) is 5.82. The molecule has 0 amide bonds. The lowest BCUT2D eigenvalue weighted by Gasteiger charge is -2.07. The number of anilines is 1. The van der Waals surface area contributed by atoms with E-state index in [0.717, 1.165) is 10.2 Å². The van der Waals surface area contributed by atoms with E-state index in [0.29, 0.717) is 12.2 Å². The fraction of sp³-hybridized carbons (Fsp3) is 0.231. The van der Waals surface area contributed by atoms with E-state index in [9.17, 15) is 4.79 Å². The Morgan fingerprint density at radius 3 is 2.78 bits per heavy atom. The minimum atomic E-state index is 0.0186. The molecule has 2 rings (SSSR count). The standard InChI is InChI=1S/C13H14BrN3O/c1-2-17-13(11(14)8-16-17)12(18)9-15-10-6-4-3-5-7-10/h3-8,15H,2,9H2,1H3. The van der Waals surface area contributed by atoms with Crippen molar-refractivity contribution in [3.05, 3.63) is 46.7 Å². The largest absolute Gasteiger partial charge is 0.378 e. The first-order valence-electron chi connectivity index (χ1n) is 5.75. The molecule has 0 aliphatic rings. The summed E-state index contributed by atoms with van der Waals surface area (Å²) in [6, 6.07) is 9.66. The van der Waals surface area contributed by atoms with Crippen LogP contribution in [0.4, 0.5) is 5.69 Å². The number of carbonyl (C=O) groups is 1. The Morgan fingerprint density at radius 2 is 2.11 bits per heavy atom. The number of nitrogens with one attached hydrogen (secondary N) is 1. The molecular weight excluding hydrogens is 294 g/mol. The minimum Gasteiger partial charge on any atom is -0.378 e. The van der Waals surface area contributed by atoms with Gasteiger partial charge in [0.1, 0.15) is 5.69 Å². The summed E-state index contributed by atoms with van der Waals surface area (Å²) in [7, 11) is 0. The van der Waals surface area contributed by atoms with Crippen molar-refractivity contribution in [2.45, 2.75) is 13.5 Å². The fourth-order valence-corrected chi connectivity index (χ4v) is 2.22. The van der Waals surface area contributed by atoms with Gasteiger partial charge in [-0.2, -0.15) is 5.10 Å². The third-order valence-corrected chi connectivity index (χ3v) is 3.17. The van der Waals surface area contributed by atoms with E-state index in [2.05, 4.69) is 26.3 Å². The third-order valence-electron chi connectivity index (χ3n) is 2.59. The summed E-state index contributed by atoms with van der Waals surface area (Å²) in [5.41, 5.74) is 1.55. The van der Waals surface area contributed by atoms with E-state index in [4.69, 9.17) is 0 Å². The Morgan fingerprint density at radius 1 is 1.39 bits per heavy atom. The first-order valence-corrected chi connectivity index (χ1v) is 6.55. The van der Waals surface area contributed by atoms with Crippen molar-refractivity contribution in [2.24, 2.45) is 0 Å². The molecule has 1 aromatic heterocycles. The highest BCUT2D eigenvalue weighted by atomic mass is 79.9. The Hall–Kier alpha value is -1.62. The zero-order valence-electron chi connectivity index (χ0n) is 10.1. The number of hydrogen-bond donors (Lipinski definition) is 1.